The van der Waals surface area contributed by atoms with Gasteiger partial charge in [-0.25, -0.2) is 0 Å². The highest BCUT2D eigenvalue weighted by Gasteiger charge is 2.13. The molecule has 0 saturated heterocycles. The summed E-state index contributed by atoms with van der Waals surface area (Å²) in [6.07, 6.45) is 0.317. The van der Waals surface area contributed by atoms with Gasteiger partial charge in [0.15, 0.2) is 0 Å². The van der Waals surface area contributed by atoms with Crippen LogP contribution >= 0.6 is 11.6 Å². The molecule has 2 amide bonds. The van der Waals surface area contributed by atoms with Crippen LogP contribution in [-0.2, 0) is 4.79 Å². The second kappa shape index (κ2) is 7.56. The number of amides is 2. The van der Waals surface area contributed by atoms with E-state index in [1.54, 1.807) is 13.0 Å². The average molecular weight is 348 g/mol. The molecule has 2 aromatic rings. The fourth-order valence-electron chi connectivity index (χ4n) is 1.90. The first-order valence-electron chi connectivity index (χ1n) is 7.06. The summed E-state index contributed by atoms with van der Waals surface area (Å²) in [6.45, 7) is 1.72. The number of rotatable bonds is 5. The summed E-state index contributed by atoms with van der Waals surface area (Å²) in [5.41, 5.74) is 0.726. The Bertz CT molecular complexity index is 808. The standard InChI is InChI=1S/C16H14ClN3O4/c1-2-15(21)18-11-6-7-13(17)14(9-11)19-16(22)10-4-3-5-12(8-10)20(23)24/h3-9H,2H2,1H3,(H,18,21)(H,19,22). The van der Waals surface area contributed by atoms with Crippen LogP contribution < -0.4 is 10.6 Å². The highest BCUT2D eigenvalue weighted by Crippen LogP contribution is 2.26. The van der Waals surface area contributed by atoms with Gasteiger partial charge >= 0.3 is 0 Å². The summed E-state index contributed by atoms with van der Waals surface area (Å²) in [7, 11) is 0. The van der Waals surface area contributed by atoms with Gasteiger partial charge in [-0.2, -0.15) is 0 Å². The third-order valence-corrected chi connectivity index (χ3v) is 3.47. The number of carbonyl (C=O) groups excluding carboxylic acids is 2. The van der Waals surface area contributed by atoms with E-state index in [4.69, 9.17) is 11.6 Å². The summed E-state index contributed by atoms with van der Waals surface area (Å²) in [5, 5.41) is 16.3. The van der Waals surface area contributed by atoms with Gasteiger partial charge in [0.2, 0.25) is 5.91 Å². The summed E-state index contributed by atoms with van der Waals surface area (Å²) in [5.74, 6) is -0.715. The number of anilines is 2. The van der Waals surface area contributed by atoms with Crippen LogP contribution in [0.25, 0.3) is 0 Å². The minimum absolute atomic E-state index is 0.128. The molecule has 7 nitrogen and oxygen atoms in total. The van der Waals surface area contributed by atoms with Crippen LogP contribution in [0.1, 0.15) is 23.7 Å². The lowest BCUT2D eigenvalue weighted by molar-refractivity contribution is -0.384. The van der Waals surface area contributed by atoms with Gasteiger partial charge in [0, 0.05) is 29.8 Å². The van der Waals surface area contributed by atoms with E-state index in [2.05, 4.69) is 10.6 Å². The zero-order chi connectivity index (χ0) is 17.7. The molecule has 0 aliphatic carbocycles. The normalized spacial score (nSPS) is 10.1. The molecule has 8 heteroatoms. The van der Waals surface area contributed by atoms with Crippen LogP contribution in [0.5, 0.6) is 0 Å². The van der Waals surface area contributed by atoms with Crippen molar-refractivity contribution in [1.82, 2.24) is 0 Å². The summed E-state index contributed by atoms with van der Waals surface area (Å²) < 4.78 is 0. The molecular formula is C16H14ClN3O4. The van der Waals surface area contributed by atoms with Gasteiger partial charge < -0.3 is 10.6 Å². The predicted molar refractivity (Wildman–Crippen MR) is 91.4 cm³/mol. The first kappa shape index (κ1) is 17.4. The van der Waals surface area contributed by atoms with E-state index in [1.165, 1.54) is 36.4 Å². The number of halogens is 1. The lowest BCUT2D eigenvalue weighted by Gasteiger charge is -2.10. The smallest absolute Gasteiger partial charge is 0.270 e. The van der Waals surface area contributed by atoms with Gasteiger partial charge in [-0.15, -0.1) is 0 Å². The Kier molecular flexibility index (Phi) is 5.49. The highest BCUT2D eigenvalue weighted by molar-refractivity contribution is 6.34. The molecule has 2 aromatic carbocycles. The monoisotopic (exact) mass is 347 g/mol. The molecule has 0 aliphatic heterocycles. The number of nitro groups is 1. The zero-order valence-electron chi connectivity index (χ0n) is 12.7. The maximum atomic E-state index is 12.3. The van der Waals surface area contributed by atoms with Gasteiger partial charge in [0.25, 0.3) is 11.6 Å². The summed E-state index contributed by atoms with van der Waals surface area (Å²) in [6, 6.07) is 10.0. The molecule has 0 aromatic heterocycles. The third kappa shape index (κ3) is 4.30. The van der Waals surface area contributed by atoms with Crippen molar-refractivity contribution in [2.75, 3.05) is 10.6 Å². The minimum atomic E-state index is -0.579. The van der Waals surface area contributed by atoms with Crippen LogP contribution in [-0.4, -0.2) is 16.7 Å². The summed E-state index contributed by atoms with van der Waals surface area (Å²) >= 11 is 6.04. The van der Waals surface area contributed by atoms with E-state index < -0.39 is 10.8 Å². The van der Waals surface area contributed by atoms with Crippen molar-refractivity contribution in [3.63, 3.8) is 0 Å². The van der Waals surface area contributed by atoms with E-state index >= 15 is 0 Å². The number of carbonyl (C=O) groups is 2. The van der Waals surface area contributed by atoms with E-state index in [-0.39, 0.29) is 22.2 Å². The minimum Gasteiger partial charge on any atom is -0.326 e. The second-order valence-corrected chi connectivity index (χ2v) is 5.27. The van der Waals surface area contributed by atoms with Crippen molar-refractivity contribution in [3.8, 4) is 0 Å². The average Bonchev–Trinajstić information content (AvgIpc) is 2.57. The Balaban J connectivity index is 2.22. The highest BCUT2D eigenvalue weighted by atomic mass is 35.5. The van der Waals surface area contributed by atoms with Gasteiger partial charge in [-0.1, -0.05) is 24.6 Å². The topological polar surface area (TPSA) is 101 Å². The van der Waals surface area contributed by atoms with E-state index in [9.17, 15) is 19.7 Å². The maximum Gasteiger partial charge on any atom is 0.270 e. The molecule has 0 spiro atoms. The van der Waals surface area contributed by atoms with E-state index in [1.807, 2.05) is 0 Å². The van der Waals surface area contributed by atoms with Crippen LogP contribution in [0.15, 0.2) is 42.5 Å². The lowest BCUT2D eigenvalue weighted by Crippen LogP contribution is -2.13. The van der Waals surface area contributed by atoms with Crippen molar-refractivity contribution in [2.45, 2.75) is 13.3 Å². The summed E-state index contributed by atoms with van der Waals surface area (Å²) in [4.78, 5) is 33.9. The van der Waals surface area contributed by atoms with Gasteiger partial charge in [0.05, 0.1) is 15.6 Å². The predicted octanol–water partition coefficient (Wildman–Crippen LogP) is 3.85. The number of non-ortho nitro benzene ring substituents is 1. The molecule has 0 saturated carbocycles. The Hall–Kier alpha value is -2.93. The third-order valence-electron chi connectivity index (χ3n) is 3.14. The van der Waals surface area contributed by atoms with Gasteiger partial charge in [-0.05, 0) is 24.3 Å². The van der Waals surface area contributed by atoms with Gasteiger partial charge in [0.1, 0.15) is 0 Å². The molecule has 2 rings (SSSR count). The molecule has 0 aliphatic rings. The Morgan fingerprint density at radius 1 is 1.17 bits per heavy atom. The first-order chi connectivity index (χ1) is 11.4. The Labute approximate surface area is 142 Å². The molecule has 0 radical (unpaired) electrons. The van der Waals surface area contributed by atoms with Crippen molar-refractivity contribution in [1.29, 1.82) is 0 Å². The van der Waals surface area contributed by atoms with Crippen molar-refractivity contribution >= 4 is 40.5 Å². The molecule has 0 unspecified atom stereocenters. The molecule has 2 N–H and O–H groups in total. The number of hydrogen-bond acceptors (Lipinski definition) is 4. The quantitative estimate of drug-likeness (QED) is 0.633. The molecule has 0 bridgehead atoms. The first-order valence-corrected chi connectivity index (χ1v) is 7.43. The van der Waals surface area contributed by atoms with Crippen LogP contribution in [0.3, 0.4) is 0 Å². The molecule has 0 atom stereocenters. The van der Waals surface area contributed by atoms with Crippen molar-refractivity contribution in [2.24, 2.45) is 0 Å². The van der Waals surface area contributed by atoms with E-state index in [0.717, 1.165) is 0 Å². The number of hydrogen-bond donors (Lipinski definition) is 2. The maximum absolute atomic E-state index is 12.3. The molecule has 124 valence electrons. The van der Waals surface area contributed by atoms with E-state index in [0.29, 0.717) is 17.8 Å². The number of nitro benzene ring substituents is 1. The molecule has 0 fully saturated rings. The van der Waals surface area contributed by atoms with Crippen LogP contribution in [0, 0.1) is 10.1 Å². The molecule has 0 heterocycles. The van der Waals surface area contributed by atoms with Crippen molar-refractivity contribution in [3.05, 3.63) is 63.2 Å². The number of nitrogens with zero attached hydrogens (tertiary/aromatic N) is 1. The Morgan fingerprint density at radius 2 is 1.92 bits per heavy atom. The number of nitrogens with one attached hydrogen (secondary N) is 2. The van der Waals surface area contributed by atoms with Crippen molar-refractivity contribution < 1.29 is 14.5 Å². The van der Waals surface area contributed by atoms with Crippen LogP contribution in [0.4, 0.5) is 17.1 Å². The largest absolute Gasteiger partial charge is 0.326 e. The second-order valence-electron chi connectivity index (χ2n) is 4.86. The molecule has 24 heavy (non-hydrogen) atoms. The zero-order valence-corrected chi connectivity index (χ0v) is 13.5. The number of benzene rings is 2. The van der Waals surface area contributed by atoms with Gasteiger partial charge in [-0.3, -0.25) is 19.7 Å². The van der Waals surface area contributed by atoms with Crippen LogP contribution in [0.2, 0.25) is 5.02 Å². The fraction of sp³-hybridized carbons (Fsp3) is 0.125. The fourth-order valence-corrected chi connectivity index (χ4v) is 2.07. The SMILES string of the molecule is CCC(=O)Nc1ccc(Cl)c(NC(=O)c2cccc([N+](=O)[O-])c2)c1. The lowest BCUT2D eigenvalue weighted by atomic mass is 10.2. The molecular weight excluding hydrogens is 334 g/mol. The Morgan fingerprint density at radius 3 is 2.58 bits per heavy atom.